The van der Waals surface area contributed by atoms with Crippen LogP contribution in [0.3, 0.4) is 0 Å². The number of likely N-dealkylation sites (tertiary alicyclic amines) is 1. The highest BCUT2D eigenvalue weighted by Gasteiger charge is 2.32. The first-order chi connectivity index (χ1) is 10.2. The average Bonchev–Trinajstić information content (AvgIpc) is 3.04. The summed E-state index contributed by atoms with van der Waals surface area (Å²) in [5.74, 6) is -0.241. The second kappa shape index (κ2) is 6.41. The van der Waals surface area contributed by atoms with Crippen molar-refractivity contribution in [1.29, 1.82) is 0 Å². The number of amides is 2. The fraction of sp³-hybridized carbons (Fsp3) is 0.533. The van der Waals surface area contributed by atoms with E-state index < -0.39 is 5.82 Å². The molecule has 1 unspecified atom stereocenters. The second-order valence-electron chi connectivity index (χ2n) is 5.37. The van der Waals surface area contributed by atoms with Gasteiger partial charge in [0.15, 0.2) is 6.29 Å². The monoisotopic (exact) mass is 294 g/mol. The summed E-state index contributed by atoms with van der Waals surface area (Å²) in [5.41, 5.74) is 0.206. The van der Waals surface area contributed by atoms with Crippen LogP contribution in [0.25, 0.3) is 0 Å². The van der Waals surface area contributed by atoms with Crippen LogP contribution >= 0.6 is 0 Å². The van der Waals surface area contributed by atoms with Crippen molar-refractivity contribution in [3.63, 3.8) is 0 Å². The summed E-state index contributed by atoms with van der Waals surface area (Å²) < 4.78 is 24.6. The molecule has 2 aliphatic heterocycles. The number of benzene rings is 1. The van der Waals surface area contributed by atoms with Crippen molar-refractivity contribution in [2.75, 3.05) is 31.6 Å². The zero-order valence-corrected chi connectivity index (χ0v) is 11.8. The molecule has 6 heteroatoms. The van der Waals surface area contributed by atoms with Crippen LogP contribution in [0, 0.1) is 11.7 Å². The minimum atomic E-state index is -0.429. The molecule has 1 atom stereocenters. The molecule has 0 aliphatic carbocycles. The summed E-state index contributed by atoms with van der Waals surface area (Å²) >= 11 is 0. The normalized spacial score (nSPS) is 23.3. The van der Waals surface area contributed by atoms with E-state index >= 15 is 0 Å². The topological polar surface area (TPSA) is 50.8 Å². The van der Waals surface area contributed by atoms with E-state index in [0.29, 0.717) is 26.3 Å². The molecule has 0 aromatic heterocycles. The lowest BCUT2D eigenvalue weighted by Gasteiger charge is -2.34. The van der Waals surface area contributed by atoms with Crippen LogP contribution < -0.4 is 5.32 Å². The molecular formula is C15H19FN2O3. The minimum Gasteiger partial charge on any atom is -0.350 e. The maximum atomic E-state index is 13.6. The molecule has 0 radical (unpaired) electrons. The van der Waals surface area contributed by atoms with E-state index in [-0.39, 0.29) is 23.9 Å². The lowest BCUT2D eigenvalue weighted by molar-refractivity contribution is -0.0959. The third-order valence-corrected chi connectivity index (χ3v) is 3.89. The molecule has 0 bridgehead atoms. The number of para-hydroxylation sites is 1. The number of rotatable bonds is 2. The smallest absolute Gasteiger partial charge is 0.321 e. The van der Waals surface area contributed by atoms with Gasteiger partial charge in [-0.05, 0) is 25.0 Å². The number of hydrogen-bond donors (Lipinski definition) is 1. The van der Waals surface area contributed by atoms with Gasteiger partial charge in [-0.2, -0.15) is 0 Å². The van der Waals surface area contributed by atoms with Crippen molar-refractivity contribution in [3.8, 4) is 0 Å². The maximum absolute atomic E-state index is 13.6. The molecule has 3 rings (SSSR count). The lowest BCUT2D eigenvalue weighted by atomic mass is 9.98. The first-order valence-corrected chi connectivity index (χ1v) is 7.28. The predicted octanol–water partition coefficient (Wildman–Crippen LogP) is 2.44. The molecule has 2 saturated heterocycles. The molecule has 0 spiro atoms. The molecule has 2 fully saturated rings. The number of halogens is 1. The van der Waals surface area contributed by atoms with Gasteiger partial charge in [-0.25, -0.2) is 9.18 Å². The Balaban J connectivity index is 1.60. The highest BCUT2D eigenvalue weighted by Crippen LogP contribution is 2.25. The number of anilines is 1. The molecular weight excluding hydrogens is 275 g/mol. The Morgan fingerprint density at radius 3 is 2.81 bits per heavy atom. The molecule has 1 aromatic carbocycles. The number of nitrogens with one attached hydrogen (secondary N) is 1. The highest BCUT2D eigenvalue weighted by molar-refractivity contribution is 5.89. The van der Waals surface area contributed by atoms with E-state index in [9.17, 15) is 9.18 Å². The van der Waals surface area contributed by atoms with Crippen molar-refractivity contribution in [3.05, 3.63) is 30.1 Å². The Labute approximate surface area is 123 Å². The van der Waals surface area contributed by atoms with E-state index in [1.54, 1.807) is 23.1 Å². The summed E-state index contributed by atoms with van der Waals surface area (Å²) in [6.45, 7) is 2.47. The number of piperidine rings is 1. The SMILES string of the molecule is O=C(Nc1ccccc1F)N1CCCC(C2OCCO2)C1. The van der Waals surface area contributed by atoms with Gasteiger partial charge in [0, 0.05) is 19.0 Å². The number of nitrogens with zero attached hydrogens (tertiary/aromatic N) is 1. The number of urea groups is 1. The number of hydrogen-bond acceptors (Lipinski definition) is 3. The molecule has 1 aromatic rings. The van der Waals surface area contributed by atoms with Crippen molar-refractivity contribution in [2.45, 2.75) is 19.1 Å². The maximum Gasteiger partial charge on any atom is 0.321 e. The Morgan fingerprint density at radius 1 is 1.29 bits per heavy atom. The van der Waals surface area contributed by atoms with Gasteiger partial charge in [0.05, 0.1) is 18.9 Å². The van der Waals surface area contributed by atoms with Crippen LogP contribution in [0.2, 0.25) is 0 Å². The Hall–Kier alpha value is -1.66. The minimum absolute atomic E-state index is 0.188. The standard InChI is InChI=1S/C15H19FN2O3/c16-12-5-1-2-6-13(12)17-15(19)18-7-3-4-11(10-18)14-20-8-9-21-14/h1-2,5-6,11,14H,3-4,7-10H2,(H,17,19). The van der Waals surface area contributed by atoms with Gasteiger partial charge in [-0.3, -0.25) is 0 Å². The summed E-state index contributed by atoms with van der Waals surface area (Å²) in [5, 5.41) is 2.62. The Morgan fingerprint density at radius 2 is 2.05 bits per heavy atom. The fourth-order valence-electron chi connectivity index (χ4n) is 2.82. The van der Waals surface area contributed by atoms with Crippen LogP contribution in [0.1, 0.15) is 12.8 Å². The van der Waals surface area contributed by atoms with E-state index in [2.05, 4.69) is 5.32 Å². The molecule has 5 nitrogen and oxygen atoms in total. The van der Waals surface area contributed by atoms with Gasteiger partial charge in [-0.15, -0.1) is 0 Å². The van der Waals surface area contributed by atoms with Gasteiger partial charge < -0.3 is 19.7 Å². The number of ether oxygens (including phenoxy) is 2. The molecule has 21 heavy (non-hydrogen) atoms. The summed E-state index contributed by atoms with van der Waals surface area (Å²) in [7, 11) is 0. The van der Waals surface area contributed by atoms with Crippen LogP contribution in [-0.4, -0.2) is 43.5 Å². The van der Waals surface area contributed by atoms with Crippen LogP contribution in [0.4, 0.5) is 14.9 Å². The lowest BCUT2D eigenvalue weighted by Crippen LogP contribution is -2.45. The number of carbonyl (C=O) groups is 1. The van der Waals surface area contributed by atoms with Gasteiger partial charge in [0.2, 0.25) is 0 Å². The van der Waals surface area contributed by atoms with Crippen molar-refractivity contribution in [1.82, 2.24) is 4.90 Å². The number of carbonyl (C=O) groups excluding carboxylic acids is 1. The largest absolute Gasteiger partial charge is 0.350 e. The molecule has 114 valence electrons. The quantitative estimate of drug-likeness (QED) is 0.911. The van der Waals surface area contributed by atoms with Gasteiger partial charge >= 0.3 is 6.03 Å². The molecule has 2 aliphatic rings. The molecule has 2 heterocycles. The van der Waals surface area contributed by atoms with E-state index in [0.717, 1.165) is 12.8 Å². The van der Waals surface area contributed by atoms with E-state index in [4.69, 9.17) is 9.47 Å². The van der Waals surface area contributed by atoms with E-state index in [1.165, 1.54) is 6.07 Å². The van der Waals surface area contributed by atoms with E-state index in [1.807, 2.05) is 0 Å². The van der Waals surface area contributed by atoms with Crippen molar-refractivity contribution < 1.29 is 18.7 Å². The first-order valence-electron chi connectivity index (χ1n) is 7.28. The van der Waals surface area contributed by atoms with Crippen LogP contribution in [0.5, 0.6) is 0 Å². The van der Waals surface area contributed by atoms with Gasteiger partial charge in [0.1, 0.15) is 5.82 Å². The van der Waals surface area contributed by atoms with Crippen molar-refractivity contribution >= 4 is 11.7 Å². The van der Waals surface area contributed by atoms with Gasteiger partial charge in [-0.1, -0.05) is 12.1 Å². The summed E-state index contributed by atoms with van der Waals surface area (Å²) in [6, 6.07) is 5.89. The molecule has 2 amide bonds. The van der Waals surface area contributed by atoms with Crippen LogP contribution in [0.15, 0.2) is 24.3 Å². The Bertz CT molecular complexity index is 505. The fourth-order valence-corrected chi connectivity index (χ4v) is 2.82. The molecule has 0 saturated carbocycles. The Kier molecular flexibility index (Phi) is 4.36. The summed E-state index contributed by atoms with van der Waals surface area (Å²) in [6.07, 6.45) is 1.67. The first kappa shape index (κ1) is 14.3. The van der Waals surface area contributed by atoms with Crippen LogP contribution in [-0.2, 0) is 9.47 Å². The van der Waals surface area contributed by atoms with Crippen molar-refractivity contribution in [2.24, 2.45) is 5.92 Å². The third kappa shape index (κ3) is 3.33. The third-order valence-electron chi connectivity index (χ3n) is 3.89. The zero-order chi connectivity index (χ0) is 14.7. The predicted molar refractivity (Wildman–Crippen MR) is 75.4 cm³/mol. The second-order valence-corrected chi connectivity index (χ2v) is 5.37. The van der Waals surface area contributed by atoms with Gasteiger partial charge in [0.25, 0.3) is 0 Å². The zero-order valence-electron chi connectivity index (χ0n) is 11.8. The molecule has 1 N–H and O–H groups in total. The average molecular weight is 294 g/mol. The highest BCUT2D eigenvalue weighted by atomic mass is 19.1. The summed E-state index contributed by atoms with van der Waals surface area (Å²) in [4.78, 5) is 13.9.